The molecule has 0 radical (unpaired) electrons. The highest BCUT2D eigenvalue weighted by molar-refractivity contribution is 5.81. The highest BCUT2D eigenvalue weighted by atomic mass is 16.5. The number of likely N-dealkylation sites (N-methyl/N-ethyl adjacent to an activating group) is 1. The molecule has 0 aliphatic rings. The van der Waals surface area contributed by atoms with Gasteiger partial charge in [-0.1, -0.05) is 18.2 Å². The molecule has 1 heterocycles. The van der Waals surface area contributed by atoms with Crippen LogP contribution in [0.4, 0.5) is 5.82 Å². The van der Waals surface area contributed by atoms with Crippen LogP contribution in [-0.2, 0) is 11.2 Å². The van der Waals surface area contributed by atoms with Gasteiger partial charge >= 0.3 is 0 Å². The lowest BCUT2D eigenvalue weighted by atomic mass is 10.0. The van der Waals surface area contributed by atoms with E-state index in [1.807, 2.05) is 25.1 Å². The summed E-state index contributed by atoms with van der Waals surface area (Å²) in [5, 5.41) is 1.16. The molecule has 0 saturated heterocycles. The van der Waals surface area contributed by atoms with Crippen molar-refractivity contribution in [2.24, 2.45) is 5.73 Å². The molecule has 0 aliphatic heterocycles. The lowest BCUT2D eigenvalue weighted by Crippen LogP contribution is -2.34. The zero-order chi connectivity index (χ0) is 15.4. The van der Waals surface area contributed by atoms with Crippen molar-refractivity contribution in [2.75, 3.05) is 25.7 Å². The van der Waals surface area contributed by atoms with E-state index in [2.05, 4.69) is 31.0 Å². The van der Waals surface area contributed by atoms with Crippen LogP contribution in [0.3, 0.4) is 0 Å². The smallest absolute Gasteiger partial charge is 0.132 e. The Bertz CT molecular complexity index is 598. The lowest BCUT2D eigenvalue weighted by Gasteiger charge is -2.28. The first-order chi connectivity index (χ1) is 10.0. The number of anilines is 1. The second-order valence-electron chi connectivity index (χ2n) is 5.76. The first-order valence-corrected chi connectivity index (χ1v) is 7.39. The molecule has 2 atom stereocenters. The van der Waals surface area contributed by atoms with E-state index in [1.165, 1.54) is 5.56 Å². The molecule has 0 amide bonds. The number of fused-ring (bicyclic) bond motifs is 1. The molecule has 0 spiro atoms. The fraction of sp³-hybridized carbons (Fsp3) is 0.471. The zero-order valence-electron chi connectivity index (χ0n) is 13.3. The Hall–Kier alpha value is -1.65. The number of pyridine rings is 1. The Morgan fingerprint density at radius 2 is 2.00 bits per heavy atom. The summed E-state index contributed by atoms with van der Waals surface area (Å²) in [6.45, 7) is 4.83. The van der Waals surface area contributed by atoms with Crippen LogP contribution in [0.15, 0.2) is 30.3 Å². The Kier molecular flexibility index (Phi) is 5.15. The topological polar surface area (TPSA) is 51.4 Å². The van der Waals surface area contributed by atoms with Gasteiger partial charge in [-0.25, -0.2) is 4.98 Å². The average molecular weight is 287 g/mol. The summed E-state index contributed by atoms with van der Waals surface area (Å²) in [7, 11) is 3.78. The van der Waals surface area contributed by atoms with Crippen molar-refractivity contribution in [3.63, 3.8) is 0 Å². The second-order valence-corrected chi connectivity index (χ2v) is 5.76. The maximum Gasteiger partial charge on any atom is 0.132 e. The summed E-state index contributed by atoms with van der Waals surface area (Å²) < 4.78 is 5.26. The van der Waals surface area contributed by atoms with Crippen LogP contribution >= 0.6 is 0 Å². The second kappa shape index (κ2) is 6.87. The van der Waals surface area contributed by atoms with E-state index in [1.54, 1.807) is 7.11 Å². The molecule has 0 saturated carbocycles. The minimum atomic E-state index is 0.109. The van der Waals surface area contributed by atoms with Crippen LogP contribution in [-0.4, -0.2) is 37.8 Å². The molecule has 4 heteroatoms. The average Bonchev–Trinajstić information content (AvgIpc) is 2.45. The van der Waals surface area contributed by atoms with Crippen molar-refractivity contribution >= 4 is 16.7 Å². The standard InChI is InChI=1S/C17H25N3O/c1-12(18)9-15-10-14-7-5-6-8-16(14)19-17(15)20(3)13(2)11-21-4/h5-8,10,12-13H,9,11,18H2,1-4H3. The minimum absolute atomic E-state index is 0.109. The first kappa shape index (κ1) is 15.7. The van der Waals surface area contributed by atoms with Gasteiger partial charge in [0, 0.05) is 25.6 Å². The van der Waals surface area contributed by atoms with Crippen molar-refractivity contribution in [3.05, 3.63) is 35.9 Å². The molecule has 0 fully saturated rings. The van der Waals surface area contributed by atoms with Crippen molar-refractivity contribution in [2.45, 2.75) is 32.4 Å². The van der Waals surface area contributed by atoms with E-state index in [-0.39, 0.29) is 12.1 Å². The third-order valence-electron chi connectivity index (χ3n) is 3.73. The first-order valence-electron chi connectivity index (χ1n) is 7.39. The molecule has 2 N–H and O–H groups in total. The van der Waals surface area contributed by atoms with Gasteiger partial charge in [0.1, 0.15) is 5.82 Å². The molecule has 1 aromatic heterocycles. The fourth-order valence-corrected chi connectivity index (χ4v) is 2.51. The van der Waals surface area contributed by atoms with E-state index in [9.17, 15) is 0 Å². The quantitative estimate of drug-likeness (QED) is 0.887. The Morgan fingerprint density at radius 3 is 2.67 bits per heavy atom. The van der Waals surface area contributed by atoms with Gasteiger partial charge in [-0.2, -0.15) is 0 Å². The Labute approximate surface area is 126 Å². The number of methoxy groups -OCH3 is 1. The summed E-state index contributed by atoms with van der Waals surface area (Å²) in [5.74, 6) is 0.996. The van der Waals surface area contributed by atoms with Crippen LogP contribution in [0.2, 0.25) is 0 Å². The van der Waals surface area contributed by atoms with Gasteiger partial charge in [0.15, 0.2) is 0 Å². The number of nitrogens with two attached hydrogens (primary N) is 1. The maximum absolute atomic E-state index is 6.00. The van der Waals surface area contributed by atoms with Crippen LogP contribution in [0, 0.1) is 0 Å². The molecular weight excluding hydrogens is 262 g/mol. The molecule has 2 aromatic rings. The number of nitrogens with zero attached hydrogens (tertiary/aromatic N) is 2. The van der Waals surface area contributed by atoms with Crippen molar-refractivity contribution in [3.8, 4) is 0 Å². The fourth-order valence-electron chi connectivity index (χ4n) is 2.51. The third-order valence-corrected chi connectivity index (χ3v) is 3.73. The molecule has 21 heavy (non-hydrogen) atoms. The number of hydrogen-bond donors (Lipinski definition) is 1. The largest absolute Gasteiger partial charge is 0.383 e. The molecule has 2 rings (SSSR count). The predicted octanol–water partition coefficient (Wildman–Crippen LogP) is 2.60. The predicted molar refractivity (Wildman–Crippen MR) is 88.8 cm³/mol. The number of aromatic nitrogens is 1. The number of rotatable bonds is 6. The summed E-state index contributed by atoms with van der Waals surface area (Å²) in [5.41, 5.74) is 8.20. The van der Waals surface area contributed by atoms with Crippen LogP contribution in [0.5, 0.6) is 0 Å². The van der Waals surface area contributed by atoms with Crippen LogP contribution in [0.25, 0.3) is 10.9 Å². The lowest BCUT2D eigenvalue weighted by molar-refractivity contribution is 0.183. The number of hydrogen-bond acceptors (Lipinski definition) is 4. The van der Waals surface area contributed by atoms with Gasteiger partial charge < -0.3 is 15.4 Å². The molecule has 114 valence electrons. The summed E-state index contributed by atoms with van der Waals surface area (Å²) in [6, 6.07) is 10.8. The van der Waals surface area contributed by atoms with Gasteiger partial charge in [-0.3, -0.25) is 0 Å². The van der Waals surface area contributed by atoms with E-state index >= 15 is 0 Å². The highest BCUT2D eigenvalue weighted by Crippen LogP contribution is 2.25. The molecular formula is C17H25N3O. The van der Waals surface area contributed by atoms with E-state index in [4.69, 9.17) is 15.5 Å². The minimum Gasteiger partial charge on any atom is -0.383 e. The van der Waals surface area contributed by atoms with Crippen molar-refractivity contribution < 1.29 is 4.74 Å². The van der Waals surface area contributed by atoms with Crippen LogP contribution in [0.1, 0.15) is 19.4 Å². The third kappa shape index (κ3) is 3.71. The van der Waals surface area contributed by atoms with Gasteiger partial charge in [-0.05, 0) is 38.0 Å². The Balaban J connectivity index is 2.47. The van der Waals surface area contributed by atoms with Gasteiger partial charge in [0.2, 0.25) is 0 Å². The number of para-hydroxylation sites is 1. The van der Waals surface area contributed by atoms with Gasteiger partial charge in [0.05, 0.1) is 18.2 Å². The van der Waals surface area contributed by atoms with E-state index < -0.39 is 0 Å². The summed E-state index contributed by atoms with van der Waals surface area (Å²) >= 11 is 0. The molecule has 0 aliphatic carbocycles. The number of benzene rings is 1. The number of ether oxygens (including phenoxy) is 1. The Morgan fingerprint density at radius 1 is 1.29 bits per heavy atom. The molecule has 1 aromatic carbocycles. The van der Waals surface area contributed by atoms with Gasteiger partial charge in [-0.15, -0.1) is 0 Å². The molecule has 4 nitrogen and oxygen atoms in total. The summed E-state index contributed by atoms with van der Waals surface area (Å²) in [4.78, 5) is 7.02. The highest BCUT2D eigenvalue weighted by Gasteiger charge is 2.17. The van der Waals surface area contributed by atoms with Gasteiger partial charge in [0.25, 0.3) is 0 Å². The zero-order valence-corrected chi connectivity index (χ0v) is 13.3. The van der Waals surface area contributed by atoms with E-state index in [0.717, 1.165) is 23.1 Å². The normalized spacial score (nSPS) is 14.1. The monoisotopic (exact) mass is 287 g/mol. The van der Waals surface area contributed by atoms with Crippen LogP contribution < -0.4 is 10.6 Å². The van der Waals surface area contributed by atoms with Crippen molar-refractivity contribution in [1.29, 1.82) is 0 Å². The SMILES string of the molecule is COCC(C)N(C)c1nc2ccccc2cc1CC(C)N. The molecule has 2 unspecified atom stereocenters. The van der Waals surface area contributed by atoms with E-state index in [0.29, 0.717) is 6.61 Å². The molecule has 0 bridgehead atoms. The maximum atomic E-state index is 6.00. The summed E-state index contributed by atoms with van der Waals surface area (Å²) in [6.07, 6.45) is 0.817. The van der Waals surface area contributed by atoms with Crippen molar-refractivity contribution in [1.82, 2.24) is 4.98 Å².